The highest BCUT2D eigenvalue weighted by Gasteiger charge is 2.48. The van der Waals surface area contributed by atoms with Crippen LogP contribution in [0.25, 0.3) is 0 Å². The van der Waals surface area contributed by atoms with Crippen LogP contribution in [0.1, 0.15) is 32.1 Å². The number of hydrogen-bond acceptors (Lipinski definition) is 3. The van der Waals surface area contributed by atoms with Crippen molar-refractivity contribution >= 4 is 23.6 Å². The van der Waals surface area contributed by atoms with E-state index in [1.807, 2.05) is 11.8 Å². The molecule has 0 saturated heterocycles. The molecule has 2 N–H and O–H groups in total. The molecule has 0 aromatic carbocycles. The molecule has 0 heterocycles. The van der Waals surface area contributed by atoms with Crippen molar-refractivity contribution in [2.45, 2.75) is 43.4 Å². The van der Waals surface area contributed by atoms with Crippen LogP contribution in [0.2, 0.25) is 0 Å². The van der Waals surface area contributed by atoms with Crippen molar-refractivity contribution in [1.29, 1.82) is 0 Å². The van der Waals surface area contributed by atoms with E-state index in [9.17, 15) is 9.59 Å². The summed E-state index contributed by atoms with van der Waals surface area (Å²) in [7, 11) is 0. The molecule has 4 nitrogen and oxygen atoms in total. The SMILES string of the molecule is CSC1CCC(NC(=O)C2CC2C(=O)O)CC1. The molecule has 96 valence electrons. The number of carbonyl (C=O) groups excluding carboxylic acids is 1. The molecule has 2 atom stereocenters. The Kier molecular flexibility index (Phi) is 3.97. The Balaban J connectivity index is 1.72. The van der Waals surface area contributed by atoms with Crippen molar-refractivity contribution in [3.8, 4) is 0 Å². The molecule has 1 amide bonds. The second-order valence-electron chi connectivity index (χ2n) is 5.00. The summed E-state index contributed by atoms with van der Waals surface area (Å²) in [6, 6.07) is 0.265. The van der Waals surface area contributed by atoms with Crippen LogP contribution in [-0.4, -0.2) is 34.5 Å². The van der Waals surface area contributed by atoms with Gasteiger partial charge in [0.1, 0.15) is 0 Å². The zero-order chi connectivity index (χ0) is 12.4. The molecule has 0 aliphatic heterocycles. The maximum atomic E-state index is 11.8. The molecule has 5 heteroatoms. The molecular formula is C12H19NO3S. The zero-order valence-electron chi connectivity index (χ0n) is 10.0. The van der Waals surface area contributed by atoms with Gasteiger partial charge in [-0.15, -0.1) is 0 Å². The smallest absolute Gasteiger partial charge is 0.307 e. The van der Waals surface area contributed by atoms with Crippen LogP contribution in [0.5, 0.6) is 0 Å². The molecule has 17 heavy (non-hydrogen) atoms. The van der Waals surface area contributed by atoms with Crippen LogP contribution in [0.4, 0.5) is 0 Å². The second kappa shape index (κ2) is 5.29. The quantitative estimate of drug-likeness (QED) is 0.801. The van der Waals surface area contributed by atoms with Crippen molar-refractivity contribution in [3.05, 3.63) is 0 Å². The molecule has 0 bridgehead atoms. The first-order valence-electron chi connectivity index (χ1n) is 6.17. The number of thioether (sulfide) groups is 1. The summed E-state index contributed by atoms with van der Waals surface area (Å²) in [6.07, 6.45) is 7.01. The maximum Gasteiger partial charge on any atom is 0.307 e. The van der Waals surface area contributed by atoms with Crippen molar-refractivity contribution in [2.75, 3.05) is 6.26 Å². The van der Waals surface area contributed by atoms with Crippen LogP contribution >= 0.6 is 11.8 Å². The predicted octanol–water partition coefficient (Wildman–Crippen LogP) is 1.50. The molecule has 2 unspecified atom stereocenters. The van der Waals surface area contributed by atoms with Crippen molar-refractivity contribution in [2.24, 2.45) is 11.8 Å². The molecule has 0 spiro atoms. The molecule has 2 rings (SSSR count). The first-order chi connectivity index (χ1) is 8.11. The van der Waals surface area contributed by atoms with E-state index in [1.165, 1.54) is 0 Å². The fraction of sp³-hybridized carbons (Fsp3) is 0.833. The molecule has 2 aliphatic carbocycles. The summed E-state index contributed by atoms with van der Waals surface area (Å²) >= 11 is 1.90. The van der Waals surface area contributed by atoms with E-state index in [0.717, 1.165) is 30.9 Å². The van der Waals surface area contributed by atoms with Gasteiger partial charge in [0.05, 0.1) is 11.8 Å². The minimum absolute atomic E-state index is 0.0509. The van der Waals surface area contributed by atoms with Crippen LogP contribution in [0.15, 0.2) is 0 Å². The minimum atomic E-state index is -0.837. The largest absolute Gasteiger partial charge is 0.481 e. The van der Waals surface area contributed by atoms with E-state index >= 15 is 0 Å². The van der Waals surface area contributed by atoms with E-state index in [2.05, 4.69) is 11.6 Å². The first-order valence-corrected chi connectivity index (χ1v) is 7.46. The third kappa shape index (κ3) is 3.15. The highest BCUT2D eigenvalue weighted by Crippen LogP contribution is 2.39. The van der Waals surface area contributed by atoms with Gasteiger partial charge in [-0.05, 0) is 38.4 Å². The van der Waals surface area contributed by atoms with Crippen LogP contribution in [0.3, 0.4) is 0 Å². The summed E-state index contributed by atoms with van der Waals surface area (Å²) in [4.78, 5) is 22.4. The van der Waals surface area contributed by atoms with Gasteiger partial charge in [-0.25, -0.2) is 0 Å². The number of carboxylic acids is 1. The number of rotatable bonds is 4. The van der Waals surface area contributed by atoms with Gasteiger partial charge in [-0.2, -0.15) is 11.8 Å². The van der Waals surface area contributed by atoms with Gasteiger partial charge in [0, 0.05) is 11.3 Å². The van der Waals surface area contributed by atoms with Gasteiger partial charge in [-0.1, -0.05) is 0 Å². The summed E-state index contributed by atoms with van der Waals surface area (Å²) < 4.78 is 0. The third-order valence-electron chi connectivity index (χ3n) is 3.80. The van der Waals surface area contributed by atoms with E-state index in [4.69, 9.17) is 5.11 Å². The highest BCUT2D eigenvalue weighted by molar-refractivity contribution is 7.99. The number of aliphatic carboxylic acids is 1. The average Bonchev–Trinajstić information content (AvgIpc) is 3.10. The normalized spacial score (nSPS) is 36.3. The lowest BCUT2D eigenvalue weighted by molar-refractivity contribution is -0.140. The lowest BCUT2D eigenvalue weighted by Crippen LogP contribution is -2.39. The van der Waals surface area contributed by atoms with E-state index in [-0.39, 0.29) is 17.9 Å². The standard InChI is InChI=1S/C12H19NO3S/c1-17-8-4-2-7(3-5-8)13-11(14)9-6-10(9)12(15)16/h7-10H,2-6H2,1H3,(H,13,14)(H,15,16). The fourth-order valence-electron chi connectivity index (χ4n) is 2.51. The lowest BCUT2D eigenvalue weighted by atomic mass is 9.95. The van der Waals surface area contributed by atoms with Crippen LogP contribution in [-0.2, 0) is 9.59 Å². The summed E-state index contributed by atoms with van der Waals surface area (Å²) in [5.41, 5.74) is 0. The molecule has 2 aliphatic rings. The van der Waals surface area contributed by atoms with Crippen LogP contribution < -0.4 is 5.32 Å². The maximum absolute atomic E-state index is 11.8. The molecule has 0 radical (unpaired) electrons. The van der Waals surface area contributed by atoms with Crippen molar-refractivity contribution in [3.63, 3.8) is 0 Å². The van der Waals surface area contributed by atoms with Gasteiger partial charge in [0.2, 0.25) is 5.91 Å². The topological polar surface area (TPSA) is 66.4 Å². The Bertz CT molecular complexity index is 313. The summed E-state index contributed by atoms with van der Waals surface area (Å²) in [6.45, 7) is 0. The number of carbonyl (C=O) groups is 2. The Morgan fingerprint density at radius 3 is 2.29 bits per heavy atom. The number of amides is 1. The summed E-state index contributed by atoms with van der Waals surface area (Å²) in [5, 5.41) is 12.5. The van der Waals surface area contributed by atoms with E-state index in [0.29, 0.717) is 6.42 Å². The predicted molar refractivity (Wildman–Crippen MR) is 66.9 cm³/mol. The van der Waals surface area contributed by atoms with Crippen LogP contribution in [0, 0.1) is 11.8 Å². The molecule has 2 fully saturated rings. The number of nitrogens with one attached hydrogen (secondary N) is 1. The van der Waals surface area contributed by atoms with E-state index in [1.54, 1.807) is 0 Å². The fourth-order valence-corrected chi connectivity index (χ4v) is 3.25. The van der Waals surface area contributed by atoms with Gasteiger partial charge >= 0.3 is 5.97 Å². The zero-order valence-corrected chi connectivity index (χ0v) is 10.8. The Hall–Kier alpha value is -0.710. The minimum Gasteiger partial charge on any atom is -0.481 e. The van der Waals surface area contributed by atoms with Gasteiger partial charge < -0.3 is 10.4 Å². The van der Waals surface area contributed by atoms with Gasteiger partial charge in [0.15, 0.2) is 0 Å². The van der Waals surface area contributed by atoms with Crippen molar-refractivity contribution in [1.82, 2.24) is 5.32 Å². The third-order valence-corrected chi connectivity index (χ3v) is 4.94. The lowest BCUT2D eigenvalue weighted by Gasteiger charge is -2.28. The van der Waals surface area contributed by atoms with Gasteiger partial charge in [-0.3, -0.25) is 9.59 Å². The monoisotopic (exact) mass is 257 g/mol. The first kappa shape index (κ1) is 12.7. The summed E-state index contributed by atoms with van der Waals surface area (Å²) in [5.74, 6) is -1.59. The Morgan fingerprint density at radius 1 is 1.18 bits per heavy atom. The second-order valence-corrected chi connectivity index (χ2v) is 6.14. The Morgan fingerprint density at radius 2 is 1.82 bits per heavy atom. The van der Waals surface area contributed by atoms with Gasteiger partial charge in [0.25, 0.3) is 0 Å². The molecule has 0 aromatic rings. The molecule has 2 saturated carbocycles. The molecule has 0 aromatic heterocycles. The Labute approximate surface area is 106 Å². The number of hydrogen-bond donors (Lipinski definition) is 2. The molecular weight excluding hydrogens is 238 g/mol. The average molecular weight is 257 g/mol. The van der Waals surface area contributed by atoms with E-state index < -0.39 is 11.9 Å². The number of carboxylic acid groups (broad SMARTS) is 1. The van der Waals surface area contributed by atoms with Crippen molar-refractivity contribution < 1.29 is 14.7 Å². The highest BCUT2D eigenvalue weighted by atomic mass is 32.2.